The van der Waals surface area contributed by atoms with E-state index in [1.54, 1.807) is 37.4 Å². The topological polar surface area (TPSA) is 79.6 Å². The van der Waals surface area contributed by atoms with Gasteiger partial charge in [-0.05, 0) is 55.5 Å². The number of carbonyl (C=O) groups is 1. The van der Waals surface area contributed by atoms with E-state index in [1.807, 2.05) is 19.1 Å². The fraction of sp³-hybridized carbons (Fsp3) is 0.150. The van der Waals surface area contributed by atoms with Gasteiger partial charge in [-0.3, -0.25) is 9.52 Å². The third-order valence-corrected chi connectivity index (χ3v) is 5.37. The van der Waals surface area contributed by atoms with Crippen molar-refractivity contribution >= 4 is 21.6 Å². The Kier molecular flexibility index (Phi) is 5.32. The van der Waals surface area contributed by atoms with Gasteiger partial charge in [-0.15, -0.1) is 0 Å². The summed E-state index contributed by atoms with van der Waals surface area (Å²) < 4.78 is 32.9. The second-order valence-electron chi connectivity index (χ2n) is 6.17. The monoisotopic (exact) mass is 384 g/mol. The third-order valence-electron chi connectivity index (χ3n) is 3.97. The fourth-order valence-electron chi connectivity index (χ4n) is 2.59. The van der Waals surface area contributed by atoms with Crippen molar-refractivity contribution in [1.82, 2.24) is 4.90 Å². The van der Waals surface area contributed by atoms with Crippen LogP contribution in [0.2, 0.25) is 0 Å². The maximum absolute atomic E-state index is 12.5. The zero-order valence-corrected chi connectivity index (χ0v) is 15.9. The molecule has 3 aromatic rings. The highest BCUT2D eigenvalue weighted by Crippen LogP contribution is 2.17. The van der Waals surface area contributed by atoms with Gasteiger partial charge in [0.25, 0.3) is 15.9 Å². The standard InChI is InChI=1S/C20H20N2O4S/c1-15-8-11-18(26-15)14-22(2)20(23)16-9-12-19(13-10-16)27(24,25)21-17-6-4-3-5-7-17/h3-13,21H,14H2,1-2H3. The van der Waals surface area contributed by atoms with Crippen LogP contribution in [0.4, 0.5) is 5.69 Å². The van der Waals surface area contributed by atoms with Crippen molar-refractivity contribution in [3.63, 3.8) is 0 Å². The summed E-state index contributed by atoms with van der Waals surface area (Å²) in [6, 6.07) is 18.1. The summed E-state index contributed by atoms with van der Waals surface area (Å²) in [5.74, 6) is 1.25. The van der Waals surface area contributed by atoms with Crippen molar-refractivity contribution in [2.75, 3.05) is 11.8 Å². The summed E-state index contributed by atoms with van der Waals surface area (Å²) in [7, 11) is -2.04. The zero-order valence-electron chi connectivity index (χ0n) is 15.0. The molecule has 27 heavy (non-hydrogen) atoms. The summed E-state index contributed by atoms with van der Waals surface area (Å²) in [6.07, 6.45) is 0. The molecule has 1 heterocycles. The Balaban J connectivity index is 1.71. The first-order chi connectivity index (χ1) is 12.8. The lowest BCUT2D eigenvalue weighted by Crippen LogP contribution is -2.26. The molecule has 2 aromatic carbocycles. The van der Waals surface area contributed by atoms with Crippen LogP contribution in [-0.4, -0.2) is 26.3 Å². The molecule has 0 bridgehead atoms. The number of aryl methyl sites for hydroxylation is 1. The number of nitrogens with zero attached hydrogens (tertiary/aromatic N) is 1. The smallest absolute Gasteiger partial charge is 0.261 e. The normalized spacial score (nSPS) is 11.2. The molecular formula is C20H20N2O4S. The molecule has 3 rings (SSSR count). The molecule has 0 aliphatic rings. The number of rotatable bonds is 6. The van der Waals surface area contributed by atoms with E-state index < -0.39 is 10.0 Å². The average Bonchev–Trinajstić information content (AvgIpc) is 3.06. The molecule has 1 N–H and O–H groups in total. The first-order valence-electron chi connectivity index (χ1n) is 8.34. The molecule has 0 fully saturated rings. The van der Waals surface area contributed by atoms with Crippen LogP contribution in [-0.2, 0) is 16.6 Å². The van der Waals surface area contributed by atoms with Crippen molar-refractivity contribution in [3.05, 3.63) is 83.8 Å². The van der Waals surface area contributed by atoms with E-state index in [0.29, 0.717) is 23.6 Å². The van der Waals surface area contributed by atoms with E-state index in [2.05, 4.69) is 4.72 Å². The maximum atomic E-state index is 12.5. The molecule has 0 aliphatic heterocycles. The Morgan fingerprint density at radius 3 is 2.26 bits per heavy atom. The number of hydrogen-bond donors (Lipinski definition) is 1. The van der Waals surface area contributed by atoms with E-state index in [-0.39, 0.29) is 10.8 Å². The molecule has 140 valence electrons. The van der Waals surface area contributed by atoms with E-state index in [0.717, 1.165) is 5.76 Å². The predicted octanol–water partition coefficient (Wildman–Crippen LogP) is 3.66. The second kappa shape index (κ2) is 7.67. The van der Waals surface area contributed by atoms with Gasteiger partial charge < -0.3 is 9.32 Å². The van der Waals surface area contributed by atoms with Crippen LogP contribution < -0.4 is 4.72 Å². The van der Waals surface area contributed by atoms with Gasteiger partial charge in [0.2, 0.25) is 0 Å². The van der Waals surface area contributed by atoms with Gasteiger partial charge in [0.1, 0.15) is 11.5 Å². The third kappa shape index (κ3) is 4.57. The zero-order chi connectivity index (χ0) is 19.4. The molecule has 0 unspecified atom stereocenters. The summed E-state index contributed by atoms with van der Waals surface area (Å²) in [6.45, 7) is 2.18. The van der Waals surface area contributed by atoms with Gasteiger partial charge in [-0.2, -0.15) is 0 Å². The summed E-state index contributed by atoms with van der Waals surface area (Å²) in [5, 5.41) is 0. The molecule has 0 aliphatic carbocycles. The molecule has 0 radical (unpaired) electrons. The Labute approximate surface area is 158 Å². The molecule has 0 atom stereocenters. The molecular weight excluding hydrogens is 364 g/mol. The van der Waals surface area contributed by atoms with Gasteiger partial charge in [0.05, 0.1) is 11.4 Å². The molecule has 0 spiro atoms. The first kappa shape index (κ1) is 18.7. The highest BCUT2D eigenvalue weighted by atomic mass is 32.2. The number of amides is 1. The van der Waals surface area contributed by atoms with Crippen LogP contribution in [0, 0.1) is 6.92 Å². The number of furan rings is 1. The van der Waals surface area contributed by atoms with Crippen molar-refractivity contribution in [2.45, 2.75) is 18.4 Å². The van der Waals surface area contributed by atoms with Crippen LogP contribution in [0.15, 0.2) is 76.0 Å². The largest absolute Gasteiger partial charge is 0.464 e. The van der Waals surface area contributed by atoms with Gasteiger partial charge in [-0.1, -0.05) is 18.2 Å². The van der Waals surface area contributed by atoms with Crippen molar-refractivity contribution in [3.8, 4) is 0 Å². The van der Waals surface area contributed by atoms with E-state index in [4.69, 9.17) is 4.42 Å². The predicted molar refractivity (Wildman–Crippen MR) is 103 cm³/mol. The number of para-hydroxylation sites is 1. The van der Waals surface area contributed by atoms with Gasteiger partial charge in [0, 0.05) is 18.3 Å². The highest BCUT2D eigenvalue weighted by Gasteiger charge is 2.17. The quantitative estimate of drug-likeness (QED) is 0.703. The van der Waals surface area contributed by atoms with Crippen molar-refractivity contribution in [2.24, 2.45) is 0 Å². The molecule has 6 nitrogen and oxygen atoms in total. The van der Waals surface area contributed by atoms with Gasteiger partial charge in [0.15, 0.2) is 0 Å². The lowest BCUT2D eigenvalue weighted by atomic mass is 10.2. The molecule has 1 amide bonds. The minimum absolute atomic E-state index is 0.0900. The van der Waals surface area contributed by atoms with Crippen molar-refractivity contribution < 1.29 is 17.6 Å². The Hall–Kier alpha value is -3.06. The SMILES string of the molecule is Cc1ccc(CN(C)C(=O)c2ccc(S(=O)(=O)Nc3ccccc3)cc2)o1. The molecule has 7 heteroatoms. The highest BCUT2D eigenvalue weighted by molar-refractivity contribution is 7.92. The van der Waals surface area contributed by atoms with E-state index >= 15 is 0 Å². The number of carbonyl (C=O) groups excluding carboxylic acids is 1. The lowest BCUT2D eigenvalue weighted by molar-refractivity contribution is 0.0775. The minimum atomic E-state index is -3.71. The number of anilines is 1. The van der Waals surface area contributed by atoms with Crippen LogP contribution in [0.3, 0.4) is 0 Å². The summed E-state index contributed by atoms with van der Waals surface area (Å²) >= 11 is 0. The van der Waals surface area contributed by atoms with Crippen molar-refractivity contribution in [1.29, 1.82) is 0 Å². The maximum Gasteiger partial charge on any atom is 0.261 e. The van der Waals surface area contributed by atoms with E-state index in [1.165, 1.54) is 29.2 Å². The number of hydrogen-bond acceptors (Lipinski definition) is 4. The van der Waals surface area contributed by atoms with E-state index in [9.17, 15) is 13.2 Å². The lowest BCUT2D eigenvalue weighted by Gasteiger charge is -2.16. The van der Waals surface area contributed by atoms with Crippen LogP contribution >= 0.6 is 0 Å². The first-order valence-corrected chi connectivity index (χ1v) is 9.82. The van der Waals surface area contributed by atoms with Gasteiger partial charge >= 0.3 is 0 Å². The molecule has 0 saturated carbocycles. The number of benzene rings is 2. The average molecular weight is 384 g/mol. The Bertz CT molecular complexity index is 1030. The van der Waals surface area contributed by atoms with Crippen LogP contribution in [0.1, 0.15) is 21.9 Å². The number of nitrogens with one attached hydrogen (secondary N) is 1. The number of sulfonamides is 1. The second-order valence-corrected chi connectivity index (χ2v) is 7.85. The van der Waals surface area contributed by atoms with Crippen LogP contribution in [0.5, 0.6) is 0 Å². The van der Waals surface area contributed by atoms with Gasteiger partial charge in [-0.25, -0.2) is 8.42 Å². The summed E-state index contributed by atoms with van der Waals surface area (Å²) in [5.41, 5.74) is 0.880. The molecule has 0 saturated heterocycles. The Morgan fingerprint density at radius 1 is 1.00 bits per heavy atom. The fourth-order valence-corrected chi connectivity index (χ4v) is 3.65. The minimum Gasteiger partial charge on any atom is -0.464 e. The van der Waals surface area contributed by atoms with Crippen LogP contribution in [0.25, 0.3) is 0 Å². The summed E-state index contributed by atoms with van der Waals surface area (Å²) in [4.78, 5) is 14.1. The Morgan fingerprint density at radius 2 is 1.67 bits per heavy atom. The molecule has 1 aromatic heterocycles.